The van der Waals surface area contributed by atoms with Crippen molar-refractivity contribution >= 4 is 33.6 Å². The zero-order chi connectivity index (χ0) is 72.3. The monoisotopic (exact) mass is 1430 g/mol. The zero-order valence-electron chi connectivity index (χ0n) is 61.6. The van der Waals surface area contributed by atoms with E-state index in [2.05, 4.69) is 154 Å². The van der Waals surface area contributed by atoms with Gasteiger partial charge in [0.1, 0.15) is 25.4 Å². The zero-order valence-corrected chi connectivity index (χ0v) is 63.4. The molecule has 566 valence electrons. The van der Waals surface area contributed by atoms with Crippen LogP contribution in [0.2, 0.25) is 0 Å². The first-order chi connectivity index (χ1) is 48.2. The molecule has 0 aliphatic heterocycles. The summed E-state index contributed by atoms with van der Waals surface area (Å²) in [5.41, 5.74) is 0. The van der Waals surface area contributed by atoms with Crippen molar-refractivity contribution in [2.24, 2.45) is 0 Å². The number of aliphatic hydroxyl groups excluding tert-OH is 2. The molecule has 5 unspecified atom stereocenters. The van der Waals surface area contributed by atoms with Crippen LogP contribution in [-0.2, 0) is 55.8 Å². The van der Waals surface area contributed by atoms with Crippen molar-refractivity contribution in [2.45, 2.75) is 309 Å². The van der Waals surface area contributed by atoms with Gasteiger partial charge in [-0.1, -0.05) is 282 Å². The predicted molar refractivity (Wildman–Crippen MR) is 408 cm³/mol. The van der Waals surface area contributed by atoms with Gasteiger partial charge in [0.25, 0.3) is 0 Å². The average Bonchev–Trinajstić information content (AvgIpc) is 1.11. The van der Waals surface area contributed by atoms with Crippen LogP contribution >= 0.6 is 15.6 Å². The molecule has 0 spiro atoms. The number of phosphoric acid groups is 2. The summed E-state index contributed by atoms with van der Waals surface area (Å²) in [4.78, 5) is 58.5. The maximum absolute atomic E-state index is 12.9. The lowest BCUT2D eigenvalue weighted by atomic mass is 10.0. The van der Waals surface area contributed by atoms with Gasteiger partial charge in [0.2, 0.25) is 0 Å². The molecule has 18 heteroatoms. The van der Waals surface area contributed by atoms with Crippen LogP contribution in [0, 0.1) is 0 Å². The maximum atomic E-state index is 12.9. The van der Waals surface area contributed by atoms with Gasteiger partial charge in [-0.15, -0.1) is 0 Å². The second-order valence-corrected chi connectivity index (χ2v) is 27.9. The number of rotatable bonds is 71. The molecule has 0 heterocycles. The highest BCUT2D eigenvalue weighted by Crippen LogP contribution is 2.45. The molecule has 99 heavy (non-hydrogen) atoms. The number of unbranched alkanes of at least 4 members (excludes halogenated alkanes) is 24. The van der Waals surface area contributed by atoms with Crippen LogP contribution in [0.5, 0.6) is 0 Å². The molecule has 0 aliphatic carbocycles. The number of allylic oxidation sites excluding steroid dienone is 24. The molecule has 0 rings (SSSR count). The van der Waals surface area contributed by atoms with E-state index in [0.717, 1.165) is 122 Å². The number of ether oxygens (including phenoxy) is 3. The molecule has 0 saturated heterocycles. The highest BCUT2D eigenvalue weighted by molar-refractivity contribution is 7.47. The van der Waals surface area contributed by atoms with Crippen molar-refractivity contribution in [2.75, 3.05) is 39.6 Å². The quantitative estimate of drug-likeness (QED) is 0.0146. The number of hydrogen-bond acceptors (Lipinski definition) is 14. The van der Waals surface area contributed by atoms with Crippen molar-refractivity contribution in [1.82, 2.24) is 0 Å². The van der Waals surface area contributed by atoms with Gasteiger partial charge in [0, 0.05) is 19.3 Å². The lowest BCUT2D eigenvalue weighted by Crippen LogP contribution is -2.30. The first-order valence-electron chi connectivity index (χ1n) is 38.1. The third-order valence-electron chi connectivity index (χ3n) is 15.5. The normalized spacial score (nSPS) is 14.9. The van der Waals surface area contributed by atoms with Crippen molar-refractivity contribution < 1.29 is 75.8 Å². The summed E-state index contributed by atoms with van der Waals surface area (Å²) in [6, 6.07) is 0. The van der Waals surface area contributed by atoms with Crippen LogP contribution in [0.3, 0.4) is 0 Å². The largest absolute Gasteiger partial charge is 0.472 e. The van der Waals surface area contributed by atoms with Crippen LogP contribution in [0.1, 0.15) is 290 Å². The molecule has 0 amide bonds. The van der Waals surface area contributed by atoms with Crippen molar-refractivity contribution in [3.8, 4) is 0 Å². The Kier molecular flexibility index (Phi) is 69.8. The van der Waals surface area contributed by atoms with Gasteiger partial charge in [0.05, 0.1) is 26.4 Å². The molecule has 0 radical (unpaired) electrons. The molecule has 16 nitrogen and oxygen atoms in total. The Balaban J connectivity index is 4.50. The lowest BCUT2D eigenvalue weighted by molar-refractivity contribution is -0.161. The SMILES string of the molecule is CC/C=C\C/C=C\C/C=C\C/C=C\C/C=C\CCCC(=O)OCC(COP(=O)(O)OCC(O)COP(=O)(O)OCC(O)COC(=O)CCCCCCCCCCCCCCCCC/C=C\C/C=C\C/C=C\C/C=C\CCCCC)OC(=O)CCCCCCC/C=C\C/C=C\C/C=C\CC. The Hall–Kier alpha value is -4.57. The van der Waals surface area contributed by atoms with E-state index in [0.29, 0.717) is 25.7 Å². The van der Waals surface area contributed by atoms with E-state index < -0.39 is 91.5 Å². The highest BCUT2D eigenvalue weighted by Gasteiger charge is 2.29. The van der Waals surface area contributed by atoms with Gasteiger partial charge < -0.3 is 34.2 Å². The standard InChI is InChI=1S/C81H136O16P2/c1-4-7-10-13-16-19-22-25-28-30-31-32-33-34-35-36-37-38-39-40-41-42-43-45-48-49-52-55-58-61-64-67-79(84)91-70-76(82)71-93-98(87,88)94-72-77(83)73-95-99(89,90)96-75-78(97-81(86)69-66-63-60-57-54-51-46-27-24-21-18-15-12-9-6-3)74-92-80(85)68-65-62-59-56-53-50-47-44-29-26-23-20-17-14-11-8-5-2/h8-9,11-12,16-21,25-29,31-32,34-35,46-47,50,56,59,76-78,82-83H,4-7,10,13-15,22-24,30,33,36-45,48-49,51-55,57-58,60-75H2,1-3H3,(H,87,88)(H,89,90)/b11-8-,12-9-,19-16-,20-17-,21-18-,28-25-,29-26-,32-31-,35-34-,46-27-,50-47-,59-56-. The molecule has 0 aliphatic rings. The number of carbonyl (C=O) groups excluding carboxylic acids is 3. The molecular weight excluding hydrogens is 1290 g/mol. The Labute approximate surface area is 600 Å². The van der Waals surface area contributed by atoms with E-state index in [4.69, 9.17) is 32.3 Å². The fourth-order valence-electron chi connectivity index (χ4n) is 9.78. The van der Waals surface area contributed by atoms with E-state index in [1.165, 1.54) is 103 Å². The molecular formula is C81H136O16P2. The third kappa shape index (κ3) is 74.4. The maximum Gasteiger partial charge on any atom is 0.472 e. The minimum atomic E-state index is -4.95. The van der Waals surface area contributed by atoms with E-state index in [1.807, 2.05) is 12.2 Å². The topological polar surface area (TPSA) is 231 Å². The summed E-state index contributed by atoms with van der Waals surface area (Å²) < 4.78 is 60.9. The Morgan fingerprint density at radius 2 is 0.545 bits per heavy atom. The first-order valence-corrected chi connectivity index (χ1v) is 41.1. The fourth-order valence-corrected chi connectivity index (χ4v) is 11.4. The van der Waals surface area contributed by atoms with Gasteiger partial charge in [-0.2, -0.15) is 0 Å². The Morgan fingerprint density at radius 3 is 0.889 bits per heavy atom. The lowest BCUT2D eigenvalue weighted by Gasteiger charge is -2.21. The molecule has 0 aromatic rings. The summed E-state index contributed by atoms with van der Waals surface area (Å²) in [6.45, 7) is 2.32. The highest BCUT2D eigenvalue weighted by atomic mass is 31.2. The number of phosphoric ester groups is 2. The van der Waals surface area contributed by atoms with Crippen LogP contribution < -0.4 is 0 Å². The van der Waals surface area contributed by atoms with Gasteiger partial charge >= 0.3 is 33.6 Å². The smallest absolute Gasteiger partial charge is 0.463 e. The van der Waals surface area contributed by atoms with Crippen LogP contribution in [0.4, 0.5) is 0 Å². The minimum Gasteiger partial charge on any atom is -0.463 e. The molecule has 0 saturated carbocycles. The second-order valence-electron chi connectivity index (χ2n) is 25.0. The van der Waals surface area contributed by atoms with Crippen LogP contribution in [0.15, 0.2) is 146 Å². The molecule has 5 atom stereocenters. The minimum absolute atomic E-state index is 0.0686. The van der Waals surface area contributed by atoms with E-state index in [1.54, 1.807) is 0 Å². The summed E-state index contributed by atoms with van der Waals surface area (Å²) in [5.74, 6) is -1.67. The number of hydrogen-bond donors (Lipinski definition) is 4. The van der Waals surface area contributed by atoms with E-state index in [9.17, 15) is 43.5 Å². The van der Waals surface area contributed by atoms with Crippen molar-refractivity contribution in [1.29, 1.82) is 0 Å². The summed E-state index contributed by atoms with van der Waals surface area (Å²) in [6.07, 6.45) is 89.2. The Bertz CT molecular complexity index is 2380. The van der Waals surface area contributed by atoms with E-state index in [-0.39, 0.29) is 19.3 Å². The molecule has 0 fully saturated rings. The number of aliphatic hydroxyl groups is 2. The van der Waals surface area contributed by atoms with Gasteiger partial charge in [-0.25, -0.2) is 9.13 Å². The molecule has 4 N–H and O–H groups in total. The van der Waals surface area contributed by atoms with Crippen LogP contribution in [0.25, 0.3) is 0 Å². The number of esters is 3. The fraction of sp³-hybridized carbons (Fsp3) is 0.667. The van der Waals surface area contributed by atoms with E-state index >= 15 is 0 Å². The molecule has 0 bridgehead atoms. The molecule has 0 aromatic carbocycles. The van der Waals surface area contributed by atoms with Crippen molar-refractivity contribution in [3.63, 3.8) is 0 Å². The summed E-state index contributed by atoms with van der Waals surface area (Å²) >= 11 is 0. The summed E-state index contributed by atoms with van der Waals surface area (Å²) in [5, 5.41) is 20.6. The van der Waals surface area contributed by atoms with Gasteiger partial charge in [-0.3, -0.25) is 32.5 Å². The summed E-state index contributed by atoms with van der Waals surface area (Å²) in [7, 11) is -9.81. The second kappa shape index (κ2) is 73.2. The number of carbonyl (C=O) groups is 3. The predicted octanol–water partition coefficient (Wildman–Crippen LogP) is 22.1. The van der Waals surface area contributed by atoms with Crippen molar-refractivity contribution in [3.05, 3.63) is 146 Å². The average molecular weight is 1430 g/mol. The first kappa shape index (κ1) is 94.4. The van der Waals surface area contributed by atoms with Gasteiger partial charge in [-0.05, 0) is 135 Å². The van der Waals surface area contributed by atoms with Crippen LogP contribution in [-0.4, -0.2) is 95.9 Å². The van der Waals surface area contributed by atoms with Gasteiger partial charge in [0.15, 0.2) is 6.10 Å². The Morgan fingerprint density at radius 1 is 0.293 bits per heavy atom. The molecule has 0 aromatic heterocycles. The third-order valence-corrected chi connectivity index (χ3v) is 17.4.